The maximum Gasteiger partial charge on any atom is 0.226 e. The molecule has 20 heavy (non-hydrogen) atoms. The molecule has 1 aliphatic rings. The van der Waals surface area contributed by atoms with Crippen LogP contribution < -0.4 is 10.6 Å². The van der Waals surface area contributed by atoms with Crippen LogP contribution in [0.2, 0.25) is 0 Å². The zero-order valence-corrected chi connectivity index (χ0v) is 12.2. The second kappa shape index (κ2) is 6.54. The number of oxime groups is 1. The fourth-order valence-electron chi connectivity index (χ4n) is 2.73. The van der Waals surface area contributed by atoms with E-state index in [1.807, 2.05) is 6.92 Å². The minimum Gasteiger partial charge on any atom is -0.409 e. The molecule has 1 fully saturated rings. The van der Waals surface area contributed by atoms with Gasteiger partial charge in [0.2, 0.25) is 5.95 Å². The molecule has 0 aromatic carbocycles. The minimum atomic E-state index is 0.0274. The van der Waals surface area contributed by atoms with E-state index in [2.05, 4.69) is 26.9 Å². The topological polar surface area (TPSA) is 87.6 Å². The van der Waals surface area contributed by atoms with Gasteiger partial charge in [0.1, 0.15) is 5.69 Å². The maximum absolute atomic E-state index is 8.81. The molecule has 2 heterocycles. The van der Waals surface area contributed by atoms with Crippen LogP contribution >= 0.6 is 0 Å². The van der Waals surface area contributed by atoms with E-state index >= 15 is 0 Å². The lowest BCUT2D eigenvalue weighted by Gasteiger charge is -2.29. The van der Waals surface area contributed by atoms with Crippen LogP contribution in [0.15, 0.2) is 11.2 Å². The van der Waals surface area contributed by atoms with Crippen molar-refractivity contribution in [2.24, 2.45) is 10.9 Å². The van der Waals surface area contributed by atoms with Gasteiger partial charge in [-0.05, 0) is 32.3 Å². The van der Waals surface area contributed by atoms with Gasteiger partial charge in [-0.1, -0.05) is 24.9 Å². The fraction of sp³-hybridized carbons (Fsp3) is 0.643. The van der Waals surface area contributed by atoms with Gasteiger partial charge in [-0.15, -0.1) is 0 Å². The first kappa shape index (κ1) is 14.6. The summed E-state index contributed by atoms with van der Waals surface area (Å²) in [6.45, 7) is 5.07. The molecule has 2 rings (SSSR count). The first-order chi connectivity index (χ1) is 9.65. The van der Waals surface area contributed by atoms with Gasteiger partial charge < -0.3 is 15.8 Å². The fourth-order valence-corrected chi connectivity index (χ4v) is 2.73. The highest BCUT2D eigenvalue weighted by molar-refractivity contribution is 5.95. The molecule has 0 saturated carbocycles. The Kier molecular flexibility index (Phi) is 4.76. The van der Waals surface area contributed by atoms with Gasteiger partial charge in [0.05, 0.1) is 0 Å². The van der Waals surface area contributed by atoms with Crippen molar-refractivity contribution >= 4 is 11.8 Å². The zero-order valence-electron chi connectivity index (χ0n) is 12.2. The summed E-state index contributed by atoms with van der Waals surface area (Å²) >= 11 is 0. The third-order valence-corrected chi connectivity index (χ3v) is 3.82. The summed E-state index contributed by atoms with van der Waals surface area (Å²) in [6.07, 6.45) is 5.93. The van der Waals surface area contributed by atoms with E-state index in [1.165, 1.54) is 19.3 Å². The third kappa shape index (κ3) is 3.18. The SMILES string of the molecule is CCC1CCCCCN1c1nc(C)cc(/C(N)=N/O)n1. The molecule has 1 unspecified atom stereocenters. The van der Waals surface area contributed by atoms with Crippen LogP contribution in [0.25, 0.3) is 0 Å². The molecule has 1 atom stereocenters. The van der Waals surface area contributed by atoms with Crippen LogP contribution in [0.4, 0.5) is 5.95 Å². The van der Waals surface area contributed by atoms with E-state index in [0.717, 1.165) is 25.1 Å². The monoisotopic (exact) mass is 277 g/mol. The Bertz CT molecular complexity index is 488. The van der Waals surface area contributed by atoms with Gasteiger partial charge in [0, 0.05) is 18.3 Å². The first-order valence-electron chi connectivity index (χ1n) is 7.26. The van der Waals surface area contributed by atoms with E-state index in [-0.39, 0.29) is 5.84 Å². The summed E-state index contributed by atoms with van der Waals surface area (Å²) in [7, 11) is 0. The number of anilines is 1. The van der Waals surface area contributed by atoms with E-state index in [0.29, 0.717) is 17.7 Å². The highest BCUT2D eigenvalue weighted by Gasteiger charge is 2.22. The molecule has 0 spiro atoms. The minimum absolute atomic E-state index is 0.0274. The average molecular weight is 277 g/mol. The molecule has 0 radical (unpaired) electrons. The van der Waals surface area contributed by atoms with Gasteiger partial charge in [0.25, 0.3) is 0 Å². The Morgan fingerprint density at radius 3 is 2.95 bits per heavy atom. The molecule has 3 N–H and O–H groups in total. The van der Waals surface area contributed by atoms with E-state index in [9.17, 15) is 0 Å². The highest BCUT2D eigenvalue weighted by atomic mass is 16.4. The number of nitrogens with zero attached hydrogens (tertiary/aromatic N) is 4. The zero-order chi connectivity index (χ0) is 14.5. The molecule has 1 saturated heterocycles. The predicted molar refractivity (Wildman–Crippen MR) is 79.2 cm³/mol. The summed E-state index contributed by atoms with van der Waals surface area (Å²) in [5.74, 6) is 0.722. The van der Waals surface area contributed by atoms with E-state index in [1.54, 1.807) is 6.07 Å². The van der Waals surface area contributed by atoms with Crippen molar-refractivity contribution < 1.29 is 5.21 Å². The largest absolute Gasteiger partial charge is 0.409 e. The van der Waals surface area contributed by atoms with E-state index in [4.69, 9.17) is 10.9 Å². The molecule has 1 aliphatic heterocycles. The van der Waals surface area contributed by atoms with Crippen LogP contribution in [0.1, 0.15) is 50.4 Å². The van der Waals surface area contributed by atoms with Gasteiger partial charge in [-0.2, -0.15) is 0 Å². The smallest absolute Gasteiger partial charge is 0.226 e. The number of nitrogens with two attached hydrogens (primary N) is 1. The van der Waals surface area contributed by atoms with Crippen molar-refractivity contribution in [1.82, 2.24) is 9.97 Å². The second-order valence-corrected chi connectivity index (χ2v) is 5.28. The number of aryl methyl sites for hydroxylation is 1. The Balaban J connectivity index is 2.36. The van der Waals surface area contributed by atoms with Crippen LogP contribution in [0, 0.1) is 6.92 Å². The second-order valence-electron chi connectivity index (χ2n) is 5.28. The Hall–Kier alpha value is -1.85. The van der Waals surface area contributed by atoms with Crippen LogP contribution in [0.5, 0.6) is 0 Å². The van der Waals surface area contributed by atoms with Crippen molar-refractivity contribution in [3.05, 3.63) is 17.5 Å². The quantitative estimate of drug-likeness (QED) is 0.382. The molecule has 0 amide bonds. The Labute approximate surface area is 119 Å². The molecule has 6 nitrogen and oxygen atoms in total. The number of hydrogen-bond donors (Lipinski definition) is 2. The number of amidine groups is 1. The lowest BCUT2D eigenvalue weighted by atomic mass is 10.1. The summed E-state index contributed by atoms with van der Waals surface area (Å²) in [5, 5.41) is 11.8. The first-order valence-corrected chi connectivity index (χ1v) is 7.26. The molecule has 1 aromatic rings. The van der Waals surface area contributed by atoms with Crippen molar-refractivity contribution in [1.29, 1.82) is 0 Å². The summed E-state index contributed by atoms with van der Waals surface area (Å²) in [4.78, 5) is 11.3. The van der Waals surface area contributed by atoms with Gasteiger partial charge in [-0.25, -0.2) is 9.97 Å². The third-order valence-electron chi connectivity index (χ3n) is 3.82. The molecule has 0 bridgehead atoms. The average Bonchev–Trinajstić information content (AvgIpc) is 2.70. The predicted octanol–water partition coefficient (Wildman–Crippen LogP) is 2.04. The standard InChI is InChI=1S/C14H23N5O/c1-3-11-7-5-4-6-8-19(11)14-16-10(2)9-12(17-14)13(15)18-20/h9,11,20H,3-8H2,1-2H3,(H2,15,18). The lowest BCUT2D eigenvalue weighted by Crippen LogP contribution is -2.36. The normalized spacial score (nSPS) is 20.8. The molecule has 110 valence electrons. The van der Waals surface area contributed by atoms with Gasteiger partial charge in [0.15, 0.2) is 5.84 Å². The van der Waals surface area contributed by atoms with Crippen LogP contribution in [-0.2, 0) is 0 Å². The highest BCUT2D eigenvalue weighted by Crippen LogP contribution is 2.23. The lowest BCUT2D eigenvalue weighted by molar-refractivity contribution is 0.318. The molecular weight excluding hydrogens is 254 g/mol. The van der Waals surface area contributed by atoms with Crippen molar-refractivity contribution in [2.45, 2.75) is 52.0 Å². The Morgan fingerprint density at radius 2 is 2.25 bits per heavy atom. The molecule has 1 aromatic heterocycles. The number of aromatic nitrogens is 2. The summed E-state index contributed by atoms with van der Waals surface area (Å²) in [6, 6.07) is 2.21. The number of hydrogen-bond acceptors (Lipinski definition) is 5. The van der Waals surface area contributed by atoms with Crippen molar-refractivity contribution in [2.75, 3.05) is 11.4 Å². The molecular formula is C14H23N5O. The van der Waals surface area contributed by atoms with Crippen molar-refractivity contribution in [3.63, 3.8) is 0 Å². The van der Waals surface area contributed by atoms with Crippen molar-refractivity contribution in [3.8, 4) is 0 Å². The molecule has 6 heteroatoms. The van der Waals surface area contributed by atoms with Gasteiger partial charge >= 0.3 is 0 Å². The van der Waals surface area contributed by atoms with E-state index < -0.39 is 0 Å². The Morgan fingerprint density at radius 1 is 1.45 bits per heavy atom. The van der Waals surface area contributed by atoms with Crippen LogP contribution in [-0.4, -0.2) is 33.6 Å². The van der Waals surface area contributed by atoms with Gasteiger partial charge in [-0.3, -0.25) is 0 Å². The van der Waals surface area contributed by atoms with Crippen LogP contribution in [0.3, 0.4) is 0 Å². The summed E-state index contributed by atoms with van der Waals surface area (Å²) < 4.78 is 0. The molecule has 0 aliphatic carbocycles. The number of rotatable bonds is 3. The summed E-state index contributed by atoms with van der Waals surface area (Å²) in [5.41, 5.74) is 6.96. The maximum atomic E-state index is 8.81.